The van der Waals surface area contributed by atoms with E-state index in [1.54, 1.807) is 16.6 Å². The van der Waals surface area contributed by atoms with Crippen molar-refractivity contribution in [2.24, 2.45) is 0 Å². The predicted molar refractivity (Wildman–Crippen MR) is 69.2 cm³/mol. The minimum Gasteiger partial charge on any atom is -0.478 e. The number of hydrogen-bond acceptors (Lipinski definition) is 4. The maximum atomic E-state index is 10.9. The third kappa shape index (κ3) is 2.08. The molecule has 5 nitrogen and oxygen atoms in total. The normalized spacial score (nSPS) is 17.1. The second-order valence-electron chi connectivity index (χ2n) is 4.38. The molecular weight excluding hydrogens is 250 g/mol. The molecule has 1 aliphatic rings. The lowest BCUT2D eigenvalue weighted by molar-refractivity contribution is 0.0696. The average Bonchev–Trinajstić information content (AvgIpc) is 2.82. The number of rotatable bonds is 2. The van der Waals surface area contributed by atoms with Crippen LogP contribution in [0.3, 0.4) is 0 Å². The minimum atomic E-state index is -0.942. The zero-order valence-corrected chi connectivity index (χ0v) is 10.6. The molecule has 1 N–H and O–H groups in total. The lowest BCUT2D eigenvalue weighted by Crippen LogP contribution is -2.09. The fraction of sp³-hybridized carbons (Fsp3) is 0.417. The van der Waals surface area contributed by atoms with E-state index in [1.165, 1.54) is 6.20 Å². The molecule has 0 atom stereocenters. The van der Waals surface area contributed by atoms with Crippen molar-refractivity contribution >= 4 is 23.4 Å². The monoisotopic (exact) mass is 263 g/mol. The molecule has 1 fully saturated rings. The molecule has 0 amide bonds. The van der Waals surface area contributed by atoms with Gasteiger partial charge in [-0.25, -0.2) is 14.3 Å². The average molecular weight is 263 g/mol. The molecule has 1 aliphatic heterocycles. The summed E-state index contributed by atoms with van der Waals surface area (Å²) in [6, 6.07) is 3.27. The van der Waals surface area contributed by atoms with Crippen LogP contribution in [0.25, 0.3) is 5.65 Å². The minimum absolute atomic E-state index is 0.234. The molecule has 2 aromatic rings. The summed E-state index contributed by atoms with van der Waals surface area (Å²) >= 11 is 1.97. The zero-order chi connectivity index (χ0) is 12.5. The number of carboxylic acid groups (broad SMARTS) is 1. The van der Waals surface area contributed by atoms with Gasteiger partial charge in [0.1, 0.15) is 0 Å². The van der Waals surface area contributed by atoms with E-state index in [1.807, 2.05) is 11.8 Å². The van der Waals surface area contributed by atoms with Crippen molar-refractivity contribution in [3.8, 4) is 0 Å². The first-order chi connectivity index (χ1) is 8.74. The van der Waals surface area contributed by atoms with E-state index in [0.717, 1.165) is 30.2 Å². The Morgan fingerprint density at radius 2 is 2.17 bits per heavy atom. The van der Waals surface area contributed by atoms with Crippen LogP contribution >= 0.6 is 11.8 Å². The van der Waals surface area contributed by atoms with Crippen LogP contribution in [0.5, 0.6) is 0 Å². The van der Waals surface area contributed by atoms with Crippen molar-refractivity contribution in [2.45, 2.75) is 18.8 Å². The first-order valence-corrected chi connectivity index (χ1v) is 7.07. The SMILES string of the molecule is O=C(O)c1ccc2nc(C3CCSCC3)nn2c1. The van der Waals surface area contributed by atoms with Crippen molar-refractivity contribution in [1.29, 1.82) is 0 Å². The lowest BCUT2D eigenvalue weighted by Gasteiger charge is -2.17. The Balaban J connectivity index is 1.97. The lowest BCUT2D eigenvalue weighted by atomic mass is 10.0. The van der Waals surface area contributed by atoms with Crippen LogP contribution in [-0.2, 0) is 0 Å². The summed E-state index contributed by atoms with van der Waals surface area (Å²) in [5.41, 5.74) is 0.950. The van der Waals surface area contributed by atoms with Gasteiger partial charge in [0.05, 0.1) is 5.56 Å². The zero-order valence-electron chi connectivity index (χ0n) is 9.74. The highest BCUT2D eigenvalue weighted by molar-refractivity contribution is 7.99. The number of nitrogens with zero attached hydrogens (tertiary/aromatic N) is 3. The molecule has 0 unspecified atom stereocenters. The summed E-state index contributed by atoms with van der Waals surface area (Å²) in [5.74, 6) is 2.63. The summed E-state index contributed by atoms with van der Waals surface area (Å²) in [6.45, 7) is 0. The number of fused-ring (bicyclic) bond motifs is 1. The van der Waals surface area contributed by atoms with E-state index in [4.69, 9.17) is 5.11 Å². The van der Waals surface area contributed by atoms with Crippen LogP contribution < -0.4 is 0 Å². The molecule has 6 heteroatoms. The highest BCUT2D eigenvalue weighted by atomic mass is 32.2. The van der Waals surface area contributed by atoms with Gasteiger partial charge in [-0.2, -0.15) is 16.9 Å². The van der Waals surface area contributed by atoms with Gasteiger partial charge in [0.15, 0.2) is 11.5 Å². The molecule has 18 heavy (non-hydrogen) atoms. The van der Waals surface area contributed by atoms with Crippen LogP contribution in [0.1, 0.15) is 34.9 Å². The van der Waals surface area contributed by atoms with Crippen LogP contribution in [0.2, 0.25) is 0 Å². The number of aromatic nitrogens is 3. The molecule has 0 aliphatic carbocycles. The van der Waals surface area contributed by atoms with Gasteiger partial charge in [-0.3, -0.25) is 0 Å². The molecule has 3 heterocycles. The van der Waals surface area contributed by atoms with Gasteiger partial charge in [-0.15, -0.1) is 0 Å². The molecular formula is C12H13N3O2S. The Bertz CT molecular complexity index is 590. The maximum absolute atomic E-state index is 10.9. The van der Waals surface area contributed by atoms with Gasteiger partial charge in [-0.05, 0) is 36.5 Å². The summed E-state index contributed by atoms with van der Waals surface area (Å²) in [5, 5.41) is 13.3. The van der Waals surface area contributed by atoms with Gasteiger partial charge in [0, 0.05) is 12.1 Å². The fourth-order valence-corrected chi connectivity index (χ4v) is 3.26. The van der Waals surface area contributed by atoms with Gasteiger partial charge >= 0.3 is 5.97 Å². The van der Waals surface area contributed by atoms with E-state index < -0.39 is 5.97 Å². The smallest absolute Gasteiger partial charge is 0.337 e. The summed E-state index contributed by atoms with van der Waals surface area (Å²) < 4.78 is 1.57. The molecule has 1 saturated heterocycles. The Kier molecular flexibility index (Phi) is 2.95. The molecule has 0 saturated carbocycles. The Morgan fingerprint density at radius 1 is 1.39 bits per heavy atom. The summed E-state index contributed by atoms with van der Waals surface area (Å²) in [6.07, 6.45) is 3.73. The van der Waals surface area contributed by atoms with Crippen molar-refractivity contribution in [2.75, 3.05) is 11.5 Å². The topological polar surface area (TPSA) is 67.5 Å². The Morgan fingerprint density at radius 3 is 2.89 bits per heavy atom. The highest BCUT2D eigenvalue weighted by Crippen LogP contribution is 2.29. The fourth-order valence-electron chi connectivity index (χ4n) is 2.16. The molecule has 0 spiro atoms. The van der Waals surface area contributed by atoms with Crippen LogP contribution in [-0.4, -0.2) is 37.2 Å². The van der Waals surface area contributed by atoms with Crippen molar-refractivity contribution in [1.82, 2.24) is 14.6 Å². The number of hydrogen-bond donors (Lipinski definition) is 1. The predicted octanol–water partition coefficient (Wildman–Crippen LogP) is 2.04. The van der Waals surface area contributed by atoms with Crippen molar-refractivity contribution in [3.63, 3.8) is 0 Å². The number of carboxylic acids is 1. The van der Waals surface area contributed by atoms with E-state index in [2.05, 4.69) is 10.1 Å². The molecule has 3 rings (SSSR count). The largest absolute Gasteiger partial charge is 0.478 e. The Hall–Kier alpha value is -1.56. The van der Waals surface area contributed by atoms with Gasteiger partial charge < -0.3 is 5.11 Å². The first-order valence-electron chi connectivity index (χ1n) is 5.91. The third-order valence-corrected chi connectivity index (χ3v) is 4.23. The van der Waals surface area contributed by atoms with Crippen molar-refractivity contribution in [3.05, 3.63) is 29.7 Å². The third-order valence-electron chi connectivity index (χ3n) is 3.18. The molecule has 0 radical (unpaired) electrons. The van der Waals surface area contributed by atoms with Crippen LogP contribution in [0.15, 0.2) is 18.3 Å². The molecule has 0 bridgehead atoms. The number of thioether (sulfide) groups is 1. The standard InChI is InChI=1S/C12H13N3O2S/c16-12(17)9-1-2-10-13-11(14-15(10)7-9)8-3-5-18-6-4-8/h1-2,7-8H,3-6H2,(H,16,17). The Labute approximate surface area is 108 Å². The maximum Gasteiger partial charge on any atom is 0.337 e. The van der Waals surface area contributed by atoms with E-state index >= 15 is 0 Å². The second kappa shape index (κ2) is 4.61. The quantitative estimate of drug-likeness (QED) is 0.898. The summed E-state index contributed by atoms with van der Waals surface area (Å²) in [4.78, 5) is 15.4. The van der Waals surface area contributed by atoms with Gasteiger partial charge in [0.25, 0.3) is 0 Å². The van der Waals surface area contributed by atoms with E-state index in [9.17, 15) is 4.79 Å². The molecule has 0 aromatic carbocycles. The van der Waals surface area contributed by atoms with E-state index in [0.29, 0.717) is 11.6 Å². The number of carbonyl (C=O) groups is 1. The van der Waals surface area contributed by atoms with Gasteiger partial charge in [0.2, 0.25) is 0 Å². The highest BCUT2D eigenvalue weighted by Gasteiger charge is 2.20. The molecule has 2 aromatic heterocycles. The number of aromatic carboxylic acids is 1. The van der Waals surface area contributed by atoms with Gasteiger partial charge in [-0.1, -0.05) is 0 Å². The van der Waals surface area contributed by atoms with E-state index in [-0.39, 0.29) is 5.56 Å². The van der Waals surface area contributed by atoms with Crippen LogP contribution in [0.4, 0.5) is 0 Å². The number of pyridine rings is 1. The first kappa shape index (κ1) is 11.5. The molecule has 94 valence electrons. The van der Waals surface area contributed by atoms with Crippen LogP contribution in [0, 0.1) is 0 Å². The second-order valence-corrected chi connectivity index (χ2v) is 5.61. The summed E-state index contributed by atoms with van der Waals surface area (Å²) in [7, 11) is 0. The van der Waals surface area contributed by atoms with Crippen molar-refractivity contribution < 1.29 is 9.90 Å².